The van der Waals surface area contributed by atoms with Crippen molar-refractivity contribution in [3.05, 3.63) is 0 Å². The zero-order chi connectivity index (χ0) is 10.4. The minimum atomic E-state index is -0.114. The van der Waals surface area contributed by atoms with Gasteiger partial charge in [-0.25, -0.2) is 0 Å². The Balaban J connectivity index is 2.12. The molecule has 1 aliphatic carbocycles. The second kappa shape index (κ2) is 6.44. The summed E-state index contributed by atoms with van der Waals surface area (Å²) in [5.74, 6) is 1.04. The van der Waals surface area contributed by atoms with Gasteiger partial charge in [-0.3, -0.25) is 4.79 Å². The molecule has 82 valence electrons. The molecule has 0 heterocycles. The standard InChI is InChI=1S/C12H21ClO/c1-2-3-4-5-10-6-8-11(9-7-10)12(13)14/h10-11H,2-9H2,1H3/t10-,11-. The SMILES string of the molecule is CCCCC[C@H]1CC[C@H](C(=O)Cl)CC1. The highest BCUT2D eigenvalue weighted by molar-refractivity contribution is 6.63. The van der Waals surface area contributed by atoms with Crippen molar-refractivity contribution in [2.45, 2.75) is 58.3 Å². The van der Waals surface area contributed by atoms with Crippen molar-refractivity contribution in [3.63, 3.8) is 0 Å². The van der Waals surface area contributed by atoms with Gasteiger partial charge in [0.15, 0.2) is 0 Å². The lowest BCUT2D eigenvalue weighted by atomic mass is 9.80. The van der Waals surface area contributed by atoms with Crippen molar-refractivity contribution in [2.75, 3.05) is 0 Å². The lowest BCUT2D eigenvalue weighted by Crippen LogP contribution is -2.18. The molecule has 1 saturated carbocycles. The van der Waals surface area contributed by atoms with Crippen molar-refractivity contribution in [1.82, 2.24) is 0 Å². The molecule has 1 nitrogen and oxygen atoms in total. The van der Waals surface area contributed by atoms with Gasteiger partial charge in [0.2, 0.25) is 5.24 Å². The first kappa shape index (κ1) is 12.0. The fourth-order valence-electron chi connectivity index (χ4n) is 2.36. The lowest BCUT2D eigenvalue weighted by Gasteiger charge is -2.26. The molecule has 0 saturated heterocycles. The van der Waals surface area contributed by atoms with Crippen LogP contribution in [0, 0.1) is 11.8 Å². The monoisotopic (exact) mass is 216 g/mol. The van der Waals surface area contributed by atoms with Crippen LogP contribution in [0.25, 0.3) is 0 Å². The van der Waals surface area contributed by atoms with Crippen LogP contribution in [0.2, 0.25) is 0 Å². The molecule has 0 amide bonds. The summed E-state index contributed by atoms with van der Waals surface area (Å²) in [4.78, 5) is 10.9. The van der Waals surface area contributed by atoms with Crippen LogP contribution in [0.4, 0.5) is 0 Å². The van der Waals surface area contributed by atoms with Crippen LogP contribution >= 0.6 is 11.6 Å². The summed E-state index contributed by atoms with van der Waals surface area (Å²) in [5, 5.41) is -0.114. The summed E-state index contributed by atoms with van der Waals surface area (Å²) in [6, 6.07) is 0. The third-order valence-corrected chi connectivity index (χ3v) is 3.69. The largest absolute Gasteiger partial charge is 0.281 e. The second-order valence-electron chi connectivity index (χ2n) is 4.52. The molecular formula is C12H21ClO. The Kier molecular flexibility index (Phi) is 5.54. The number of unbranched alkanes of at least 4 members (excludes halogenated alkanes) is 2. The highest BCUT2D eigenvalue weighted by atomic mass is 35.5. The van der Waals surface area contributed by atoms with E-state index in [1.807, 2.05) is 0 Å². The smallest absolute Gasteiger partial charge is 0.224 e. The minimum Gasteiger partial charge on any atom is -0.281 e. The fraction of sp³-hybridized carbons (Fsp3) is 0.917. The van der Waals surface area contributed by atoms with Gasteiger partial charge in [0.25, 0.3) is 0 Å². The summed E-state index contributed by atoms with van der Waals surface area (Å²) in [6.07, 6.45) is 9.86. The molecule has 0 aromatic heterocycles. The van der Waals surface area contributed by atoms with E-state index in [0.717, 1.165) is 18.8 Å². The maximum Gasteiger partial charge on any atom is 0.224 e. The van der Waals surface area contributed by atoms with E-state index in [2.05, 4.69) is 6.92 Å². The molecule has 0 bridgehead atoms. The molecule has 0 aromatic rings. The first-order chi connectivity index (χ1) is 6.74. The molecule has 1 aliphatic rings. The minimum absolute atomic E-state index is 0.114. The van der Waals surface area contributed by atoms with Gasteiger partial charge in [0.05, 0.1) is 0 Å². The first-order valence-corrected chi connectivity index (χ1v) is 6.31. The van der Waals surface area contributed by atoms with Gasteiger partial charge in [-0.1, -0.05) is 32.6 Å². The second-order valence-corrected chi connectivity index (χ2v) is 4.89. The van der Waals surface area contributed by atoms with Gasteiger partial charge in [0.1, 0.15) is 0 Å². The molecule has 1 fully saturated rings. The highest BCUT2D eigenvalue weighted by Gasteiger charge is 2.24. The van der Waals surface area contributed by atoms with E-state index in [1.165, 1.54) is 38.5 Å². The molecule has 0 N–H and O–H groups in total. The quantitative estimate of drug-likeness (QED) is 0.499. The van der Waals surface area contributed by atoms with Gasteiger partial charge >= 0.3 is 0 Å². The van der Waals surface area contributed by atoms with Crippen LogP contribution in [0.15, 0.2) is 0 Å². The molecule has 0 aromatic carbocycles. The van der Waals surface area contributed by atoms with Gasteiger partial charge in [-0.15, -0.1) is 0 Å². The topological polar surface area (TPSA) is 17.1 Å². The van der Waals surface area contributed by atoms with E-state index >= 15 is 0 Å². The molecule has 0 aliphatic heterocycles. The van der Waals surface area contributed by atoms with E-state index in [9.17, 15) is 4.79 Å². The van der Waals surface area contributed by atoms with Crippen LogP contribution in [-0.4, -0.2) is 5.24 Å². The molecule has 0 spiro atoms. The Labute approximate surface area is 92.2 Å². The zero-order valence-electron chi connectivity index (χ0n) is 9.10. The van der Waals surface area contributed by atoms with Gasteiger partial charge < -0.3 is 0 Å². The number of carbonyl (C=O) groups excluding carboxylic acids is 1. The van der Waals surface area contributed by atoms with Crippen LogP contribution in [0.1, 0.15) is 58.3 Å². The summed E-state index contributed by atoms with van der Waals surface area (Å²) >= 11 is 5.49. The number of hydrogen-bond donors (Lipinski definition) is 0. The Morgan fingerprint density at radius 1 is 1.21 bits per heavy atom. The average molecular weight is 217 g/mol. The Bertz CT molecular complexity index is 171. The van der Waals surface area contributed by atoms with Crippen molar-refractivity contribution in [2.24, 2.45) is 11.8 Å². The maximum atomic E-state index is 10.9. The van der Waals surface area contributed by atoms with E-state index < -0.39 is 0 Å². The lowest BCUT2D eigenvalue weighted by molar-refractivity contribution is -0.116. The van der Waals surface area contributed by atoms with Crippen LogP contribution < -0.4 is 0 Å². The van der Waals surface area contributed by atoms with E-state index in [-0.39, 0.29) is 11.2 Å². The Hall–Kier alpha value is -0.0400. The van der Waals surface area contributed by atoms with Gasteiger partial charge in [-0.2, -0.15) is 0 Å². The average Bonchev–Trinajstić information content (AvgIpc) is 2.19. The number of hydrogen-bond acceptors (Lipinski definition) is 1. The molecule has 1 rings (SSSR count). The van der Waals surface area contributed by atoms with Crippen LogP contribution in [0.3, 0.4) is 0 Å². The molecule has 14 heavy (non-hydrogen) atoms. The Morgan fingerprint density at radius 2 is 1.86 bits per heavy atom. The van der Waals surface area contributed by atoms with Crippen molar-refractivity contribution in [1.29, 1.82) is 0 Å². The number of rotatable bonds is 5. The predicted molar refractivity (Wildman–Crippen MR) is 60.5 cm³/mol. The summed E-state index contributed by atoms with van der Waals surface area (Å²) in [7, 11) is 0. The number of halogens is 1. The molecule has 0 unspecified atom stereocenters. The van der Waals surface area contributed by atoms with Crippen molar-refractivity contribution in [3.8, 4) is 0 Å². The third kappa shape index (κ3) is 4.00. The van der Waals surface area contributed by atoms with Crippen LogP contribution in [-0.2, 0) is 4.79 Å². The highest BCUT2D eigenvalue weighted by Crippen LogP contribution is 2.32. The summed E-state index contributed by atoms with van der Waals surface area (Å²) < 4.78 is 0. The van der Waals surface area contributed by atoms with E-state index in [0.29, 0.717) is 0 Å². The van der Waals surface area contributed by atoms with E-state index in [4.69, 9.17) is 11.6 Å². The Morgan fingerprint density at radius 3 is 2.36 bits per heavy atom. The predicted octanol–water partition coefficient (Wildman–Crippen LogP) is 4.14. The fourth-order valence-corrected chi connectivity index (χ4v) is 2.58. The van der Waals surface area contributed by atoms with Gasteiger partial charge in [0, 0.05) is 5.92 Å². The van der Waals surface area contributed by atoms with E-state index in [1.54, 1.807) is 0 Å². The van der Waals surface area contributed by atoms with Crippen molar-refractivity contribution < 1.29 is 4.79 Å². The first-order valence-electron chi connectivity index (χ1n) is 5.93. The normalized spacial score (nSPS) is 27.6. The molecule has 0 radical (unpaired) electrons. The number of carbonyl (C=O) groups is 1. The third-order valence-electron chi connectivity index (χ3n) is 3.38. The summed E-state index contributed by atoms with van der Waals surface area (Å²) in [6.45, 7) is 2.24. The van der Waals surface area contributed by atoms with Gasteiger partial charge in [-0.05, 0) is 43.2 Å². The summed E-state index contributed by atoms with van der Waals surface area (Å²) in [5.41, 5.74) is 0. The zero-order valence-corrected chi connectivity index (χ0v) is 9.85. The molecule has 0 atom stereocenters. The molecular weight excluding hydrogens is 196 g/mol. The maximum absolute atomic E-state index is 10.9. The molecule has 2 heteroatoms. The van der Waals surface area contributed by atoms with Crippen LogP contribution in [0.5, 0.6) is 0 Å². The van der Waals surface area contributed by atoms with Crippen molar-refractivity contribution >= 4 is 16.8 Å².